The van der Waals surface area contributed by atoms with Gasteiger partial charge in [-0.1, -0.05) is 18.2 Å². The molecule has 0 saturated carbocycles. The molecule has 35 heavy (non-hydrogen) atoms. The van der Waals surface area contributed by atoms with Crippen molar-refractivity contribution in [1.29, 1.82) is 0 Å². The van der Waals surface area contributed by atoms with E-state index in [1.165, 1.54) is 12.1 Å². The Hall–Kier alpha value is -4.57. The number of carboxylic acids is 1. The number of fused-ring (bicyclic) bond motifs is 3. The molecule has 178 valence electrons. The topological polar surface area (TPSA) is 164 Å². The number of nitrogens with one attached hydrogen (secondary N) is 2. The molecule has 0 unspecified atom stereocenters. The van der Waals surface area contributed by atoms with Crippen molar-refractivity contribution in [3.8, 4) is 0 Å². The monoisotopic (exact) mass is 474 g/mol. The minimum atomic E-state index is -1.37. The van der Waals surface area contributed by atoms with Crippen LogP contribution in [-0.4, -0.2) is 47.6 Å². The number of aromatic carboxylic acids is 1. The summed E-state index contributed by atoms with van der Waals surface area (Å²) in [6.45, 7) is 2.70. The van der Waals surface area contributed by atoms with Crippen LogP contribution in [0.25, 0.3) is 21.5 Å². The predicted molar refractivity (Wildman–Crippen MR) is 133 cm³/mol. The molecule has 3 aromatic carbocycles. The van der Waals surface area contributed by atoms with E-state index in [0.29, 0.717) is 12.3 Å². The lowest BCUT2D eigenvalue weighted by Gasteiger charge is -2.16. The number of carboxylic acid groups (broad SMARTS) is 1. The number of para-hydroxylation sites is 1. The van der Waals surface area contributed by atoms with E-state index in [2.05, 4.69) is 15.3 Å². The van der Waals surface area contributed by atoms with Crippen molar-refractivity contribution in [2.75, 3.05) is 25.1 Å². The minimum Gasteiger partial charge on any atom is -0.478 e. The zero-order chi connectivity index (χ0) is 25.1. The number of hydrogen-bond acceptors (Lipinski definition) is 6. The number of amidine groups is 1. The Morgan fingerprint density at radius 2 is 1.69 bits per heavy atom. The SMILES string of the molecule is CCOCCN=C(N)c1c(C(=O)O)cc(C(=O)Nc2ccccc2)c2c3ccc(c(=O)[nH]c3=O)c12. The van der Waals surface area contributed by atoms with Crippen LogP contribution in [0, 0.1) is 0 Å². The van der Waals surface area contributed by atoms with Crippen LogP contribution in [-0.2, 0) is 4.74 Å². The molecule has 2 bridgehead atoms. The van der Waals surface area contributed by atoms with Crippen LogP contribution >= 0.6 is 0 Å². The van der Waals surface area contributed by atoms with E-state index in [-0.39, 0.29) is 57.2 Å². The second-order valence-corrected chi connectivity index (χ2v) is 7.63. The van der Waals surface area contributed by atoms with E-state index in [1.54, 1.807) is 30.3 Å². The Morgan fingerprint density at radius 3 is 2.31 bits per heavy atom. The van der Waals surface area contributed by atoms with Crippen LogP contribution in [0.15, 0.2) is 63.1 Å². The zero-order valence-corrected chi connectivity index (χ0v) is 18.8. The Kier molecular flexibility index (Phi) is 6.56. The molecule has 0 atom stereocenters. The van der Waals surface area contributed by atoms with Crippen LogP contribution in [0.2, 0.25) is 0 Å². The van der Waals surface area contributed by atoms with E-state index < -0.39 is 23.0 Å². The molecular formula is C25H22N4O6. The lowest BCUT2D eigenvalue weighted by molar-refractivity contribution is 0.0697. The Labute approximate surface area is 198 Å². The fourth-order valence-electron chi connectivity index (χ4n) is 3.97. The highest BCUT2D eigenvalue weighted by Gasteiger charge is 2.26. The minimum absolute atomic E-state index is 0.00409. The molecule has 0 spiro atoms. The largest absolute Gasteiger partial charge is 0.478 e. The average molecular weight is 474 g/mol. The van der Waals surface area contributed by atoms with Crippen molar-refractivity contribution in [3.05, 3.63) is 85.9 Å². The molecule has 5 N–H and O–H groups in total. The maximum atomic E-state index is 13.3. The fourth-order valence-corrected chi connectivity index (χ4v) is 3.97. The van der Waals surface area contributed by atoms with Gasteiger partial charge in [0.15, 0.2) is 0 Å². The first kappa shape index (κ1) is 23.6. The zero-order valence-electron chi connectivity index (χ0n) is 18.8. The quantitative estimate of drug-likeness (QED) is 0.173. The van der Waals surface area contributed by atoms with Gasteiger partial charge in [0.1, 0.15) is 5.84 Å². The van der Waals surface area contributed by atoms with Crippen LogP contribution < -0.4 is 22.2 Å². The van der Waals surface area contributed by atoms with E-state index in [0.717, 1.165) is 6.07 Å². The summed E-state index contributed by atoms with van der Waals surface area (Å²) in [5.74, 6) is -2.17. The molecule has 5 aromatic rings. The third-order valence-electron chi connectivity index (χ3n) is 5.48. The summed E-state index contributed by atoms with van der Waals surface area (Å²) in [4.78, 5) is 57.6. The number of aromatic amines is 1. The van der Waals surface area contributed by atoms with Crippen LogP contribution in [0.4, 0.5) is 5.69 Å². The normalized spacial score (nSPS) is 11.7. The highest BCUT2D eigenvalue weighted by molar-refractivity contribution is 6.28. The number of anilines is 1. The van der Waals surface area contributed by atoms with Gasteiger partial charge in [0, 0.05) is 45.0 Å². The van der Waals surface area contributed by atoms with Gasteiger partial charge in [-0.3, -0.25) is 24.4 Å². The number of aromatic nitrogens is 1. The summed E-state index contributed by atoms with van der Waals surface area (Å²) in [6.07, 6.45) is 0. The standard InChI is InChI=1S/C25H22N4O6/c1-2-35-11-10-27-21(26)20-17(25(33)34)12-16(24(32)28-13-6-4-3-5-7-13)18-14-8-9-15(19(18)20)23(31)29-22(14)30/h3-9,12H,2,10-11H2,1H3,(H2,26,27)(H,28,32)(H,33,34)(H,29,30,31). The second-order valence-electron chi connectivity index (χ2n) is 7.63. The summed E-state index contributed by atoms with van der Waals surface area (Å²) < 4.78 is 5.26. The van der Waals surface area contributed by atoms with E-state index in [4.69, 9.17) is 10.5 Å². The molecule has 1 amide bonds. The number of H-pyrrole nitrogens is 1. The third kappa shape index (κ3) is 4.46. The van der Waals surface area contributed by atoms with Gasteiger partial charge >= 0.3 is 5.97 Å². The number of carbonyl (C=O) groups excluding carboxylic acids is 1. The molecule has 10 nitrogen and oxygen atoms in total. The van der Waals surface area contributed by atoms with Gasteiger partial charge in [-0.2, -0.15) is 0 Å². The number of aliphatic imine (C=N–C) groups is 1. The van der Waals surface area contributed by atoms with E-state index in [9.17, 15) is 24.3 Å². The molecule has 0 aliphatic carbocycles. The molecule has 0 aliphatic rings. The number of benzene rings is 3. The number of nitrogens with two attached hydrogens (primary N) is 1. The lowest BCUT2D eigenvalue weighted by Crippen LogP contribution is -2.22. The van der Waals surface area contributed by atoms with Crippen molar-refractivity contribution in [2.45, 2.75) is 6.92 Å². The Balaban J connectivity index is 2.08. The predicted octanol–water partition coefficient (Wildman–Crippen LogP) is 2.17. The summed E-state index contributed by atoms with van der Waals surface area (Å²) in [5.41, 5.74) is 4.79. The molecule has 10 heteroatoms. The first-order valence-corrected chi connectivity index (χ1v) is 10.8. The molecule has 0 saturated heterocycles. The maximum absolute atomic E-state index is 13.3. The molecular weight excluding hydrogens is 452 g/mol. The van der Waals surface area contributed by atoms with Crippen LogP contribution in [0.5, 0.6) is 0 Å². The van der Waals surface area contributed by atoms with Crippen molar-refractivity contribution in [1.82, 2.24) is 4.98 Å². The van der Waals surface area contributed by atoms with Gasteiger partial charge in [-0.05, 0) is 37.3 Å². The maximum Gasteiger partial charge on any atom is 0.336 e. The highest BCUT2D eigenvalue weighted by Crippen LogP contribution is 2.32. The first-order valence-electron chi connectivity index (χ1n) is 10.8. The number of carbonyl (C=O) groups is 2. The highest BCUT2D eigenvalue weighted by atomic mass is 16.5. The molecule has 5 rings (SSSR count). The molecule has 0 aliphatic heterocycles. The van der Waals surface area contributed by atoms with Gasteiger partial charge in [-0.15, -0.1) is 0 Å². The van der Waals surface area contributed by atoms with Crippen molar-refractivity contribution < 1.29 is 19.4 Å². The number of hydrogen-bond donors (Lipinski definition) is 4. The van der Waals surface area contributed by atoms with Crippen molar-refractivity contribution in [2.24, 2.45) is 10.7 Å². The van der Waals surface area contributed by atoms with Crippen molar-refractivity contribution in [3.63, 3.8) is 0 Å². The fraction of sp³-hybridized carbons (Fsp3) is 0.160. The number of amides is 1. The van der Waals surface area contributed by atoms with Crippen LogP contribution in [0.3, 0.4) is 0 Å². The number of ether oxygens (including phenoxy) is 1. The van der Waals surface area contributed by atoms with Crippen molar-refractivity contribution >= 4 is 44.9 Å². The van der Waals surface area contributed by atoms with Gasteiger partial charge in [0.2, 0.25) is 0 Å². The second kappa shape index (κ2) is 9.74. The molecule has 2 heterocycles. The average Bonchev–Trinajstić information content (AvgIpc) is 3.04. The number of nitrogens with zero attached hydrogens (tertiary/aromatic N) is 1. The smallest absolute Gasteiger partial charge is 0.336 e. The van der Waals surface area contributed by atoms with Crippen LogP contribution in [0.1, 0.15) is 33.2 Å². The summed E-state index contributed by atoms with van der Waals surface area (Å²) in [6, 6.07) is 12.5. The van der Waals surface area contributed by atoms with Gasteiger partial charge < -0.3 is 20.9 Å². The van der Waals surface area contributed by atoms with Gasteiger partial charge in [0.05, 0.1) is 18.7 Å². The number of rotatable bonds is 8. The van der Waals surface area contributed by atoms with Gasteiger partial charge in [0.25, 0.3) is 17.0 Å². The Bertz CT molecular complexity index is 1580. The summed E-state index contributed by atoms with van der Waals surface area (Å²) >= 11 is 0. The molecule has 2 aromatic heterocycles. The first-order chi connectivity index (χ1) is 16.8. The Morgan fingerprint density at radius 1 is 1.03 bits per heavy atom. The molecule has 0 radical (unpaired) electrons. The van der Waals surface area contributed by atoms with E-state index >= 15 is 0 Å². The third-order valence-corrected chi connectivity index (χ3v) is 5.48. The van der Waals surface area contributed by atoms with E-state index in [1.807, 2.05) is 6.92 Å². The molecule has 0 fully saturated rings. The lowest BCUT2D eigenvalue weighted by atomic mass is 9.90. The summed E-state index contributed by atoms with van der Waals surface area (Å²) in [7, 11) is 0. The summed E-state index contributed by atoms with van der Waals surface area (Å²) in [5, 5.41) is 12.9. The van der Waals surface area contributed by atoms with Gasteiger partial charge in [-0.25, -0.2) is 4.79 Å².